The van der Waals surface area contributed by atoms with Gasteiger partial charge in [0.2, 0.25) is 0 Å². The molecule has 5 aliphatic carbocycles. The van der Waals surface area contributed by atoms with E-state index in [9.17, 15) is 0 Å². The fourth-order valence-corrected chi connectivity index (χ4v) is 8.41. The van der Waals surface area contributed by atoms with Gasteiger partial charge in [-0.1, -0.05) is 49.7 Å². The Morgan fingerprint density at radius 3 is 2.22 bits per heavy atom. The zero-order valence-electron chi connectivity index (χ0n) is 18.9. The third-order valence-electron chi connectivity index (χ3n) is 9.14. The summed E-state index contributed by atoms with van der Waals surface area (Å²) < 4.78 is 0. The Kier molecular flexibility index (Phi) is 4.80. The Hall–Kier alpha value is -1.76. The van der Waals surface area contributed by atoms with Crippen molar-refractivity contribution in [1.82, 2.24) is 4.98 Å². The molecular formula is C30H30IrN-. The number of hydrogen-bond acceptors (Lipinski definition) is 1. The van der Waals surface area contributed by atoms with Crippen LogP contribution in [0.2, 0.25) is 0 Å². The zero-order chi connectivity index (χ0) is 20.7. The molecule has 3 aromatic rings. The van der Waals surface area contributed by atoms with Gasteiger partial charge in [-0.05, 0) is 95.6 Å². The van der Waals surface area contributed by atoms with E-state index in [-0.39, 0.29) is 25.5 Å². The minimum atomic E-state index is -0.0272. The number of hydrogen-bond donors (Lipinski definition) is 0. The summed E-state index contributed by atoms with van der Waals surface area (Å²) >= 11 is 0. The van der Waals surface area contributed by atoms with E-state index in [1.807, 2.05) is 12.3 Å². The molecule has 0 spiro atoms. The SMILES string of the molecule is CC1(C)c2c(-c3ccccn3)[c-]ccc2-c2cccc(C3C4CC5CC(C4)CC3C5)c21.[Ir]. The van der Waals surface area contributed by atoms with E-state index in [0.29, 0.717) is 0 Å². The molecule has 0 N–H and O–H groups in total. The van der Waals surface area contributed by atoms with Crippen LogP contribution in [-0.4, -0.2) is 4.98 Å². The molecule has 5 aliphatic rings. The van der Waals surface area contributed by atoms with Crippen LogP contribution in [0.4, 0.5) is 0 Å². The first-order chi connectivity index (χ1) is 15.1. The topological polar surface area (TPSA) is 12.9 Å². The van der Waals surface area contributed by atoms with Crippen molar-refractivity contribution in [3.63, 3.8) is 0 Å². The second-order valence-electron chi connectivity index (χ2n) is 11.2. The maximum atomic E-state index is 4.70. The fourth-order valence-electron chi connectivity index (χ4n) is 8.41. The molecule has 0 unspecified atom stereocenters. The monoisotopic (exact) mass is 597 g/mol. The van der Waals surface area contributed by atoms with Gasteiger partial charge in [-0.3, -0.25) is 0 Å². The second kappa shape index (κ2) is 7.37. The molecule has 8 rings (SSSR count). The molecule has 0 saturated heterocycles. The van der Waals surface area contributed by atoms with Crippen LogP contribution in [0.3, 0.4) is 0 Å². The van der Waals surface area contributed by atoms with Crippen LogP contribution in [-0.2, 0) is 25.5 Å². The summed E-state index contributed by atoms with van der Waals surface area (Å²) in [7, 11) is 0. The Bertz CT molecular complexity index is 1150. The van der Waals surface area contributed by atoms with Crippen LogP contribution < -0.4 is 0 Å². The van der Waals surface area contributed by atoms with E-state index in [0.717, 1.165) is 35.3 Å². The van der Waals surface area contributed by atoms with Gasteiger partial charge in [0.05, 0.1) is 0 Å². The number of rotatable bonds is 2. The summed E-state index contributed by atoms with van der Waals surface area (Å²) in [6, 6.07) is 21.4. The van der Waals surface area contributed by atoms with Crippen molar-refractivity contribution in [2.75, 3.05) is 0 Å². The molecule has 1 heterocycles. The zero-order valence-corrected chi connectivity index (χ0v) is 21.3. The molecule has 1 radical (unpaired) electrons. The molecule has 2 aromatic carbocycles. The third kappa shape index (κ3) is 2.82. The van der Waals surface area contributed by atoms with E-state index in [1.165, 1.54) is 54.4 Å². The van der Waals surface area contributed by atoms with Crippen molar-refractivity contribution in [1.29, 1.82) is 0 Å². The number of fused-ring (bicyclic) bond motifs is 3. The summed E-state index contributed by atoms with van der Waals surface area (Å²) in [5.74, 6) is 4.61. The van der Waals surface area contributed by atoms with Crippen molar-refractivity contribution in [2.45, 2.75) is 57.3 Å². The summed E-state index contributed by atoms with van der Waals surface area (Å²) in [4.78, 5) is 4.70. The van der Waals surface area contributed by atoms with E-state index in [1.54, 1.807) is 11.1 Å². The van der Waals surface area contributed by atoms with Gasteiger partial charge in [-0.2, -0.15) is 0 Å². The Labute approximate surface area is 205 Å². The second-order valence-corrected chi connectivity index (χ2v) is 11.2. The van der Waals surface area contributed by atoms with E-state index >= 15 is 0 Å². The van der Waals surface area contributed by atoms with Gasteiger partial charge >= 0.3 is 0 Å². The normalized spacial score (nSPS) is 30.5. The molecule has 4 saturated carbocycles. The maximum Gasteiger partial charge on any atom is 0.0160 e. The van der Waals surface area contributed by atoms with Gasteiger partial charge < -0.3 is 4.98 Å². The van der Waals surface area contributed by atoms with Crippen molar-refractivity contribution in [2.24, 2.45) is 23.7 Å². The molecule has 0 aliphatic heterocycles. The predicted molar refractivity (Wildman–Crippen MR) is 126 cm³/mol. The van der Waals surface area contributed by atoms with Crippen LogP contribution in [0.15, 0.2) is 54.7 Å². The van der Waals surface area contributed by atoms with Crippen LogP contribution in [0.5, 0.6) is 0 Å². The Balaban J connectivity index is 0.00000196. The standard InChI is InChI=1S/C30H30N.Ir/c1-30(2)28-22(7-5-9-24(28)26-11-3-4-12-31-26)23-8-6-10-25(29(23)30)27-20-14-18-13-19(16-20)17-21(27)15-18;/h3-8,10-12,18-21,27H,13-17H2,1-2H3;/q-1;. The largest absolute Gasteiger partial charge is 0.305 e. The maximum absolute atomic E-state index is 4.70. The van der Waals surface area contributed by atoms with Crippen molar-refractivity contribution >= 4 is 0 Å². The van der Waals surface area contributed by atoms with Gasteiger partial charge in [-0.25, -0.2) is 0 Å². The molecule has 4 fully saturated rings. The van der Waals surface area contributed by atoms with Crippen molar-refractivity contribution < 1.29 is 20.1 Å². The summed E-state index contributed by atoms with van der Waals surface area (Å²) in [5, 5.41) is 0. The Morgan fingerprint density at radius 2 is 1.53 bits per heavy atom. The molecule has 0 amide bonds. The average Bonchev–Trinajstić information content (AvgIpc) is 3.02. The van der Waals surface area contributed by atoms with Crippen LogP contribution >= 0.6 is 0 Å². The molecular weight excluding hydrogens is 567 g/mol. The molecule has 0 atom stereocenters. The minimum absolute atomic E-state index is 0. The van der Waals surface area contributed by atoms with Crippen molar-refractivity contribution in [3.05, 3.63) is 77.5 Å². The summed E-state index contributed by atoms with van der Waals surface area (Å²) in [6.45, 7) is 4.88. The summed E-state index contributed by atoms with van der Waals surface area (Å²) in [5.41, 5.74) is 9.72. The van der Waals surface area contributed by atoms with Crippen molar-refractivity contribution in [3.8, 4) is 22.4 Å². The van der Waals surface area contributed by atoms with Gasteiger partial charge in [0, 0.05) is 26.3 Å². The number of benzene rings is 2. The summed E-state index contributed by atoms with van der Waals surface area (Å²) in [6.07, 6.45) is 9.32. The fraction of sp³-hybridized carbons (Fsp3) is 0.433. The van der Waals surface area contributed by atoms with Gasteiger partial charge in [0.15, 0.2) is 0 Å². The molecule has 32 heavy (non-hydrogen) atoms. The first kappa shape index (κ1) is 20.8. The van der Waals surface area contributed by atoms with E-state index in [4.69, 9.17) is 4.98 Å². The molecule has 165 valence electrons. The third-order valence-corrected chi connectivity index (χ3v) is 9.14. The first-order valence-electron chi connectivity index (χ1n) is 12.2. The average molecular weight is 597 g/mol. The number of pyridine rings is 1. The van der Waals surface area contributed by atoms with E-state index in [2.05, 4.69) is 62.4 Å². The molecule has 2 heteroatoms. The van der Waals surface area contributed by atoms with Crippen LogP contribution in [0.25, 0.3) is 22.4 Å². The number of aromatic nitrogens is 1. The Morgan fingerprint density at radius 1 is 0.812 bits per heavy atom. The predicted octanol–water partition coefficient (Wildman–Crippen LogP) is 7.39. The molecule has 4 bridgehead atoms. The quantitative estimate of drug-likeness (QED) is 0.281. The van der Waals surface area contributed by atoms with Gasteiger partial charge in [-0.15, -0.1) is 29.3 Å². The minimum Gasteiger partial charge on any atom is -0.305 e. The molecule has 1 nitrogen and oxygen atoms in total. The van der Waals surface area contributed by atoms with Gasteiger partial charge in [0.1, 0.15) is 0 Å². The van der Waals surface area contributed by atoms with Crippen LogP contribution in [0.1, 0.15) is 68.6 Å². The van der Waals surface area contributed by atoms with Gasteiger partial charge in [0.25, 0.3) is 0 Å². The number of nitrogens with zero attached hydrogens (tertiary/aromatic N) is 1. The van der Waals surface area contributed by atoms with Crippen LogP contribution in [0, 0.1) is 29.7 Å². The van der Waals surface area contributed by atoms with E-state index < -0.39 is 0 Å². The first-order valence-corrected chi connectivity index (χ1v) is 12.2. The smallest absolute Gasteiger partial charge is 0.0160 e. The molecule has 1 aromatic heterocycles.